The first-order chi connectivity index (χ1) is 12.7. The van der Waals surface area contributed by atoms with Gasteiger partial charge in [-0.3, -0.25) is 14.5 Å². The molecule has 0 radical (unpaired) electrons. The number of piperidine rings is 1. The van der Waals surface area contributed by atoms with Gasteiger partial charge in [0.1, 0.15) is 0 Å². The average Bonchev–Trinajstić information content (AvgIpc) is 2.97. The van der Waals surface area contributed by atoms with Crippen molar-refractivity contribution in [1.29, 1.82) is 0 Å². The fourth-order valence-electron chi connectivity index (χ4n) is 4.42. The third-order valence-electron chi connectivity index (χ3n) is 6.27. The zero-order valence-corrected chi connectivity index (χ0v) is 16.3. The Bertz CT molecular complexity index is 449. The minimum atomic E-state index is 0.276. The number of nitrogens with one attached hydrogen (secondary N) is 1. The number of carbonyl (C=O) groups excluding carboxylic acids is 2. The van der Waals surface area contributed by atoms with Crippen molar-refractivity contribution >= 4 is 11.8 Å². The third-order valence-corrected chi connectivity index (χ3v) is 6.27. The van der Waals surface area contributed by atoms with Crippen molar-refractivity contribution < 1.29 is 9.59 Å². The van der Waals surface area contributed by atoms with Crippen molar-refractivity contribution in [3.8, 4) is 0 Å². The molecular weight excluding hydrogens is 328 g/mol. The van der Waals surface area contributed by atoms with E-state index < -0.39 is 0 Å². The summed E-state index contributed by atoms with van der Waals surface area (Å²) >= 11 is 0. The lowest BCUT2D eigenvalue weighted by atomic mass is 9.93. The van der Waals surface area contributed by atoms with Gasteiger partial charge in [-0.25, -0.2) is 0 Å². The lowest BCUT2D eigenvalue weighted by molar-refractivity contribution is -0.135. The molecule has 1 N–H and O–H groups in total. The number of hydrogen-bond donors (Lipinski definition) is 1. The number of rotatable bonds is 5. The van der Waals surface area contributed by atoms with Gasteiger partial charge in [0.15, 0.2) is 0 Å². The molecule has 0 saturated carbocycles. The van der Waals surface area contributed by atoms with Gasteiger partial charge in [0, 0.05) is 45.7 Å². The van der Waals surface area contributed by atoms with E-state index in [1.54, 1.807) is 0 Å². The Balaban J connectivity index is 1.34. The zero-order chi connectivity index (χ0) is 18.2. The summed E-state index contributed by atoms with van der Waals surface area (Å²) < 4.78 is 0. The van der Waals surface area contributed by atoms with E-state index in [0.717, 1.165) is 71.6 Å². The smallest absolute Gasteiger partial charge is 0.236 e. The van der Waals surface area contributed by atoms with Crippen LogP contribution in [0.25, 0.3) is 0 Å². The standard InChI is InChI=1S/C20H36N4O2/c25-19(6-5-18-7-9-21-10-8-18)24-15-13-22(14-16-24)17-20(26)23-11-3-1-2-4-12-23/h18,21H,1-17H2. The molecule has 0 aliphatic carbocycles. The van der Waals surface area contributed by atoms with E-state index in [4.69, 9.17) is 0 Å². The van der Waals surface area contributed by atoms with Crippen LogP contribution in [0.5, 0.6) is 0 Å². The Morgan fingerprint density at radius 1 is 0.769 bits per heavy atom. The summed E-state index contributed by atoms with van der Waals surface area (Å²) in [4.78, 5) is 31.3. The van der Waals surface area contributed by atoms with Gasteiger partial charge in [0.2, 0.25) is 11.8 Å². The van der Waals surface area contributed by atoms with Crippen LogP contribution >= 0.6 is 0 Å². The predicted octanol–water partition coefficient (Wildman–Crippen LogP) is 1.31. The molecule has 2 amide bonds. The van der Waals surface area contributed by atoms with Crippen LogP contribution < -0.4 is 5.32 Å². The van der Waals surface area contributed by atoms with Crippen molar-refractivity contribution in [2.24, 2.45) is 5.92 Å². The highest BCUT2D eigenvalue weighted by Crippen LogP contribution is 2.19. The van der Waals surface area contributed by atoms with E-state index in [0.29, 0.717) is 24.8 Å². The van der Waals surface area contributed by atoms with Crippen LogP contribution in [0.15, 0.2) is 0 Å². The number of nitrogens with zero attached hydrogens (tertiary/aromatic N) is 3. The first kappa shape index (κ1) is 19.6. The first-order valence-electron chi connectivity index (χ1n) is 10.7. The molecule has 0 spiro atoms. The van der Waals surface area contributed by atoms with Crippen LogP contribution in [0, 0.1) is 5.92 Å². The van der Waals surface area contributed by atoms with Crippen LogP contribution in [0.2, 0.25) is 0 Å². The number of hydrogen-bond acceptors (Lipinski definition) is 4. The van der Waals surface area contributed by atoms with Gasteiger partial charge in [0.25, 0.3) is 0 Å². The highest BCUT2D eigenvalue weighted by molar-refractivity contribution is 5.78. The first-order valence-corrected chi connectivity index (χ1v) is 10.7. The SMILES string of the molecule is O=C(CCC1CCNCC1)N1CCN(CC(=O)N2CCCCCC2)CC1. The maximum Gasteiger partial charge on any atom is 0.236 e. The van der Waals surface area contributed by atoms with E-state index in [-0.39, 0.29) is 5.91 Å². The van der Waals surface area contributed by atoms with Crippen LogP contribution in [0.4, 0.5) is 0 Å². The molecule has 0 aromatic heterocycles. The monoisotopic (exact) mass is 364 g/mol. The Morgan fingerprint density at radius 3 is 2.04 bits per heavy atom. The lowest BCUT2D eigenvalue weighted by Gasteiger charge is -2.35. The quantitative estimate of drug-likeness (QED) is 0.799. The maximum absolute atomic E-state index is 12.5. The molecule has 3 aliphatic rings. The molecule has 148 valence electrons. The van der Waals surface area contributed by atoms with Gasteiger partial charge in [-0.1, -0.05) is 12.8 Å². The number of piperazine rings is 1. The van der Waals surface area contributed by atoms with E-state index in [2.05, 4.69) is 10.2 Å². The lowest BCUT2D eigenvalue weighted by Crippen LogP contribution is -2.51. The molecule has 0 bridgehead atoms. The van der Waals surface area contributed by atoms with Crippen molar-refractivity contribution in [1.82, 2.24) is 20.0 Å². The number of carbonyl (C=O) groups is 2. The summed E-state index contributed by atoms with van der Waals surface area (Å²) in [5, 5.41) is 3.38. The normalized spacial score (nSPS) is 23.7. The minimum absolute atomic E-state index is 0.276. The highest BCUT2D eigenvalue weighted by Gasteiger charge is 2.25. The van der Waals surface area contributed by atoms with Crippen molar-refractivity contribution in [2.45, 2.75) is 51.4 Å². The van der Waals surface area contributed by atoms with Gasteiger partial charge < -0.3 is 15.1 Å². The summed E-state index contributed by atoms with van der Waals surface area (Å²) in [7, 11) is 0. The van der Waals surface area contributed by atoms with Crippen LogP contribution in [0.3, 0.4) is 0 Å². The van der Waals surface area contributed by atoms with Gasteiger partial charge in [-0.2, -0.15) is 0 Å². The molecule has 0 aromatic rings. The molecule has 0 atom stereocenters. The van der Waals surface area contributed by atoms with E-state index in [1.165, 1.54) is 25.7 Å². The fraction of sp³-hybridized carbons (Fsp3) is 0.900. The van der Waals surface area contributed by atoms with Gasteiger partial charge in [-0.05, 0) is 51.1 Å². The highest BCUT2D eigenvalue weighted by atomic mass is 16.2. The maximum atomic E-state index is 12.5. The van der Waals surface area contributed by atoms with E-state index >= 15 is 0 Å². The molecule has 6 nitrogen and oxygen atoms in total. The molecule has 0 unspecified atom stereocenters. The van der Waals surface area contributed by atoms with Gasteiger partial charge >= 0.3 is 0 Å². The largest absolute Gasteiger partial charge is 0.342 e. The Labute approximate surface area is 158 Å². The van der Waals surface area contributed by atoms with Crippen molar-refractivity contribution in [3.05, 3.63) is 0 Å². The molecule has 3 saturated heterocycles. The number of likely N-dealkylation sites (tertiary alicyclic amines) is 1. The second-order valence-electron chi connectivity index (χ2n) is 8.18. The molecular formula is C20H36N4O2. The second kappa shape index (κ2) is 10.3. The molecule has 6 heteroatoms. The Hall–Kier alpha value is -1.14. The summed E-state index contributed by atoms with van der Waals surface area (Å²) in [5.74, 6) is 1.30. The molecule has 26 heavy (non-hydrogen) atoms. The van der Waals surface area contributed by atoms with E-state index in [9.17, 15) is 9.59 Å². The molecule has 3 aliphatic heterocycles. The van der Waals surface area contributed by atoms with Crippen LogP contribution in [-0.4, -0.2) is 85.4 Å². The van der Waals surface area contributed by atoms with Crippen LogP contribution in [0.1, 0.15) is 51.4 Å². The minimum Gasteiger partial charge on any atom is -0.342 e. The van der Waals surface area contributed by atoms with Crippen molar-refractivity contribution in [3.63, 3.8) is 0 Å². The summed E-state index contributed by atoms with van der Waals surface area (Å²) in [5.41, 5.74) is 0. The molecule has 3 heterocycles. The summed E-state index contributed by atoms with van der Waals surface area (Å²) in [6.07, 6.45) is 8.94. The molecule has 0 aromatic carbocycles. The summed E-state index contributed by atoms with van der Waals surface area (Å²) in [6.45, 7) is 7.79. The zero-order valence-electron chi connectivity index (χ0n) is 16.3. The van der Waals surface area contributed by atoms with Gasteiger partial charge in [0.05, 0.1) is 6.54 Å². The Morgan fingerprint density at radius 2 is 1.38 bits per heavy atom. The van der Waals surface area contributed by atoms with E-state index in [1.807, 2.05) is 9.80 Å². The third kappa shape index (κ3) is 5.95. The van der Waals surface area contributed by atoms with Crippen molar-refractivity contribution in [2.75, 3.05) is 58.9 Å². The molecule has 3 rings (SSSR count). The summed E-state index contributed by atoms with van der Waals surface area (Å²) in [6, 6.07) is 0. The molecule has 3 fully saturated rings. The van der Waals surface area contributed by atoms with Gasteiger partial charge in [-0.15, -0.1) is 0 Å². The fourth-order valence-corrected chi connectivity index (χ4v) is 4.42. The predicted molar refractivity (Wildman–Crippen MR) is 103 cm³/mol. The van der Waals surface area contributed by atoms with Crippen LogP contribution in [-0.2, 0) is 9.59 Å². The topological polar surface area (TPSA) is 55.9 Å². The number of amides is 2. The second-order valence-corrected chi connectivity index (χ2v) is 8.18. The average molecular weight is 365 g/mol. The Kier molecular flexibility index (Phi) is 7.74.